The highest BCUT2D eigenvalue weighted by Gasteiger charge is 2.48. The third kappa shape index (κ3) is 2.11. The van der Waals surface area contributed by atoms with Gasteiger partial charge in [0.05, 0.1) is 5.69 Å². The van der Waals surface area contributed by atoms with Crippen molar-refractivity contribution in [2.75, 3.05) is 0 Å². The molecule has 0 unspecified atom stereocenters. The number of rotatable bonds is 3. The Morgan fingerprint density at radius 3 is 2.53 bits per heavy atom. The minimum Gasteiger partial charge on any atom is -0.481 e. The highest BCUT2D eigenvalue weighted by molar-refractivity contribution is 9.10. The van der Waals surface area contributed by atoms with Crippen LogP contribution in [0.3, 0.4) is 0 Å². The monoisotopic (exact) mass is 337 g/mol. The average molecular weight is 338 g/mol. The van der Waals surface area contributed by atoms with Crippen molar-refractivity contribution < 1.29 is 9.90 Å². The van der Waals surface area contributed by atoms with Crippen LogP contribution in [0.1, 0.15) is 24.3 Å². The molecule has 1 aromatic carbocycles. The molecule has 0 saturated heterocycles. The van der Waals surface area contributed by atoms with Gasteiger partial charge in [-0.3, -0.25) is 4.79 Å². The zero-order chi connectivity index (χ0) is 13.5. The second-order valence-corrected chi connectivity index (χ2v) is 6.56. The standard InChI is InChI=1S/C14H12BrNO2S/c15-10-4-2-9(3-5-10)11-8-19-12(16-11)14(13(17)18)6-1-7-14/h2-5,8H,1,6-7H2,(H,17,18). The first-order chi connectivity index (χ1) is 9.12. The van der Waals surface area contributed by atoms with E-state index in [1.807, 2.05) is 29.6 Å². The Morgan fingerprint density at radius 2 is 2.00 bits per heavy atom. The molecule has 2 aromatic rings. The summed E-state index contributed by atoms with van der Waals surface area (Å²) in [7, 11) is 0. The third-order valence-corrected chi connectivity index (χ3v) is 5.25. The highest BCUT2D eigenvalue weighted by Crippen LogP contribution is 2.45. The number of thiazole rings is 1. The van der Waals surface area contributed by atoms with E-state index in [0.717, 1.165) is 27.2 Å². The molecule has 1 saturated carbocycles. The average Bonchev–Trinajstić information content (AvgIpc) is 2.77. The summed E-state index contributed by atoms with van der Waals surface area (Å²) in [5.74, 6) is -0.740. The van der Waals surface area contributed by atoms with Crippen LogP contribution < -0.4 is 0 Å². The predicted molar refractivity (Wildman–Crippen MR) is 78.4 cm³/mol. The van der Waals surface area contributed by atoms with Gasteiger partial charge in [-0.05, 0) is 25.0 Å². The van der Waals surface area contributed by atoms with Gasteiger partial charge in [0.1, 0.15) is 10.4 Å². The molecular formula is C14H12BrNO2S. The van der Waals surface area contributed by atoms with Crippen molar-refractivity contribution in [2.45, 2.75) is 24.7 Å². The van der Waals surface area contributed by atoms with Gasteiger partial charge in [0, 0.05) is 15.4 Å². The van der Waals surface area contributed by atoms with Crippen molar-refractivity contribution in [3.05, 3.63) is 39.1 Å². The molecule has 98 valence electrons. The van der Waals surface area contributed by atoms with Crippen molar-refractivity contribution in [3.63, 3.8) is 0 Å². The quantitative estimate of drug-likeness (QED) is 0.917. The maximum atomic E-state index is 11.5. The number of carboxylic acid groups (broad SMARTS) is 1. The van der Waals surface area contributed by atoms with Crippen LogP contribution in [0.2, 0.25) is 0 Å². The van der Waals surface area contributed by atoms with Crippen LogP contribution in [0, 0.1) is 0 Å². The van der Waals surface area contributed by atoms with Crippen molar-refractivity contribution in [1.82, 2.24) is 4.98 Å². The Bertz CT molecular complexity index is 617. The summed E-state index contributed by atoms with van der Waals surface area (Å²) in [5, 5.41) is 12.1. The Hall–Kier alpha value is -1.20. The second kappa shape index (κ2) is 4.72. The van der Waals surface area contributed by atoms with Crippen LogP contribution in [0.25, 0.3) is 11.3 Å². The molecule has 1 heterocycles. The first-order valence-electron chi connectivity index (χ1n) is 6.07. The van der Waals surface area contributed by atoms with Crippen LogP contribution in [0.4, 0.5) is 0 Å². The molecule has 0 spiro atoms. The summed E-state index contributed by atoms with van der Waals surface area (Å²) in [4.78, 5) is 16.0. The predicted octanol–water partition coefficient (Wildman–Crippen LogP) is 4.08. The normalized spacial score (nSPS) is 16.9. The Balaban J connectivity index is 1.95. The maximum absolute atomic E-state index is 11.5. The number of halogens is 1. The molecule has 3 rings (SSSR count). The SMILES string of the molecule is O=C(O)C1(c2nc(-c3ccc(Br)cc3)cs2)CCC1. The number of aliphatic carboxylic acids is 1. The molecule has 1 aromatic heterocycles. The number of carboxylic acids is 1. The van der Waals surface area contributed by atoms with Crippen LogP contribution >= 0.6 is 27.3 Å². The van der Waals surface area contributed by atoms with Gasteiger partial charge in [-0.2, -0.15) is 0 Å². The molecule has 1 aliphatic carbocycles. The van der Waals surface area contributed by atoms with E-state index in [1.54, 1.807) is 0 Å². The summed E-state index contributed by atoms with van der Waals surface area (Å²) in [6.07, 6.45) is 2.38. The van der Waals surface area contributed by atoms with Crippen molar-refractivity contribution in [1.29, 1.82) is 0 Å². The van der Waals surface area contributed by atoms with E-state index in [1.165, 1.54) is 11.3 Å². The highest BCUT2D eigenvalue weighted by atomic mass is 79.9. The molecule has 0 amide bonds. The molecular weight excluding hydrogens is 326 g/mol. The molecule has 0 aliphatic heterocycles. The molecule has 0 radical (unpaired) electrons. The Kier molecular flexibility index (Phi) is 3.19. The number of hydrogen-bond acceptors (Lipinski definition) is 3. The largest absolute Gasteiger partial charge is 0.481 e. The van der Waals surface area contributed by atoms with Gasteiger partial charge in [-0.25, -0.2) is 4.98 Å². The lowest BCUT2D eigenvalue weighted by Crippen LogP contribution is -2.42. The Morgan fingerprint density at radius 1 is 1.32 bits per heavy atom. The van der Waals surface area contributed by atoms with Crippen molar-refractivity contribution >= 4 is 33.2 Å². The number of aromatic nitrogens is 1. The molecule has 1 N–H and O–H groups in total. The summed E-state index contributed by atoms with van der Waals surface area (Å²) >= 11 is 4.85. The second-order valence-electron chi connectivity index (χ2n) is 4.79. The minimum absolute atomic E-state index is 0.704. The van der Waals surface area contributed by atoms with E-state index >= 15 is 0 Å². The fraction of sp³-hybridized carbons (Fsp3) is 0.286. The lowest BCUT2D eigenvalue weighted by molar-refractivity contribution is -0.147. The molecule has 19 heavy (non-hydrogen) atoms. The van der Waals surface area contributed by atoms with Crippen LogP contribution in [0.15, 0.2) is 34.1 Å². The topological polar surface area (TPSA) is 50.2 Å². The van der Waals surface area contributed by atoms with E-state index in [2.05, 4.69) is 20.9 Å². The lowest BCUT2D eigenvalue weighted by Gasteiger charge is -2.35. The van der Waals surface area contributed by atoms with E-state index in [9.17, 15) is 9.90 Å². The smallest absolute Gasteiger partial charge is 0.316 e. The lowest BCUT2D eigenvalue weighted by atomic mass is 9.69. The first kappa shape index (κ1) is 12.8. The number of carbonyl (C=O) groups is 1. The van der Waals surface area contributed by atoms with E-state index in [-0.39, 0.29) is 0 Å². The number of nitrogens with zero attached hydrogens (tertiary/aromatic N) is 1. The van der Waals surface area contributed by atoms with Gasteiger partial charge in [0.2, 0.25) is 0 Å². The fourth-order valence-corrected chi connectivity index (χ4v) is 3.64. The van der Waals surface area contributed by atoms with Gasteiger partial charge in [0.25, 0.3) is 0 Å². The zero-order valence-electron chi connectivity index (χ0n) is 10.1. The molecule has 1 aliphatic rings. The van der Waals surface area contributed by atoms with Crippen molar-refractivity contribution in [3.8, 4) is 11.3 Å². The minimum atomic E-state index is -0.740. The Labute approximate surface area is 123 Å². The van der Waals surface area contributed by atoms with Gasteiger partial charge < -0.3 is 5.11 Å². The van der Waals surface area contributed by atoms with E-state index in [0.29, 0.717) is 12.8 Å². The molecule has 5 heteroatoms. The number of benzene rings is 1. The first-order valence-corrected chi connectivity index (χ1v) is 7.74. The number of hydrogen-bond donors (Lipinski definition) is 1. The van der Waals surface area contributed by atoms with Crippen molar-refractivity contribution in [2.24, 2.45) is 0 Å². The van der Waals surface area contributed by atoms with E-state index < -0.39 is 11.4 Å². The molecule has 3 nitrogen and oxygen atoms in total. The molecule has 0 bridgehead atoms. The van der Waals surface area contributed by atoms with Crippen LogP contribution in [-0.2, 0) is 10.2 Å². The van der Waals surface area contributed by atoms with Crippen LogP contribution in [-0.4, -0.2) is 16.1 Å². The summed E-state index contributed by atoms with van der Waals surface area (Å²) in [5.41, 5.74) is 1.16. The third-order valence-electron chi connectivity index (χ3n) is 3.67. The van der Waals surface area contributed by atoms with Gasteiger partial charge in [-0.1, -0.05) is 34.5 Å². The molecule has 1 fully saturated rings. The molecule has 0 atom stereocenters. The van der Waals surface area contributed by atoms with E-state index in [4.69, 9.17) is 0 Å². The summed E-state index contributed by atoms with van der Waals surface area (Å²) in [6, 6.07) is 7.89. The van der Waals surface area contributed by atoms with Crippen LogP contribution in [0.5, 0.6) is 0 Å². The van der Waals surface area contributed by atoms with Gasteiger partial charge in [0.15, 0.2) is 0 Å². The summed E-state index contributed by atoms with van der Waals surface area (Å²) < 4.78 is 1.02. The zero-order valence-corrected chi connectivity index (χ0v) is 12.5. The summed E-state index contributed by atoms with van der Waals surface area (Å²) in [6.45, 7) is 0. The van der Waals surface area contributed by atoms with Gasteiger partial charge >= 0.3 is 5.97 Å². The fourth-order valence-electron chi connectivity index (χ4n) is 2.30. The van der Waals surface area contributed by atoms with Gasteiger partial charge in [-0.15, -0.1) is 11.3 Å². The maximum Gasteiger partial charge on any atom is 0.316 e.